The Kier molecular flexibility index (Phi) is 3.11. The second kappa shape index (κ2) is 4.65. The number of halogens is 4. The van der Waals surface area contributed by atoms with Crippen LogP contribution in [0.3, 0.4) is 0 Å². The summed E-state index contributed by atoms with van der Waals surface area (Å²) in [6, 6.07) is 10.0. The summed E-state index contributed by atoms with van der Waals surface area (Å²) in [6.45, 7) is 0. The first-order chi connectivity index (χ1) is 10.9. The third kappa shape index (κ3) is 1.63. The van der Waals surface area contributed by atoms with Crippen LogP contribution in [0.1, 0.15) is 6.42 Å². The molecule has 4 aliphatic rings. The van der Waals surface area contributed by atoms with Crippen molar-refractivity contribution in [2.45, 2.75) is 25.5 Å². The fourth-order valence-corrected chi connectivity index (χ4v) is 8.16. The number of benzene rings is 1. The van der Waals surface area contributed by atoms with Crippen molar-refractivity contribution in [2.24, 2.45) is 28.7 Å². The van der Waals surface area contributed by atoms with Crippen LogP contribution in [0.2, 0.25) is 0 Å². The van der Waals surface area contributed by atoms with Crippen molar-refractivity contribution in [2.75, 3.05) is 0 Å². The van der Waals surface area contributed by atoms with Crippen LogP contribution in [0.5, 0.6) is 0 Å². The van der Waals surface area contributed by atoms with Gasteiger partial charge in [0, 0.05) is 16.7 Å². The van der Waals surface area contributed by atoms with E-state index in [9.17, 15) is 0 Å². The Morgan fingerprint density at radius 2 is 1.61 bits per heavy atom. The number of rotatable bonds is 1. The summed E-state index contributed by atoms with van der Waals surface area (Å²) in [4.78, 5) is 3.89. The second-order valence-electron chi connectivity index (χ2n) is 6.79. The summed E-state index contributed by atoms with van der Waals surface area (Å²) >= 11 is 29.2. The van der Waals surface area contributed by atoms with E-state index in [2.05, 4.69) is 12.2 Å². The standard InChI is InChI=1S/C17H13Cl4NS/c18-15-12-9-6-7-10(8-9)13(12)16(19,17(15,20)21)22-14(15)23-11-4-2-1-3-5-11/h1-7,9-10,12-13H,8H2/t9-,10+,12+,13-,15+,16-/m0/s1. The molecule has 0 unspecified atom stereocenters. The highest BCUT2D eigenvalue weighted by molar-refractivity contribution is 8.14. The Hall–Kier alpha value is 0.140. The van der Waals surface area contributed by atoms with Crippen LogP contribution in [-0.4, -0.2) is 19.2 Å². The van der Waals surface area contributed by atoms with E-state index in [1.165, 1.54) is 11.8 Å². The maximum atomic E-state index is 7.16. The average molecular weight is 405 g/mol. The summed E-state index contributed by atoms with van der Waals surface area (Å²) < 4.78 is -1.29. The van der Waals surface area contributed by atoms with Gasteiger partial charge in [0.05, 0.1) is 5.04 Å². The molecule has 120 valence electrons. The van der Waals surface area contributed by atoms with E-state index in [-0.39, 0.29) is 11.8 Å². The van der Waals surface area contributed by atoms with E-state index in [1.807, 2.05) is 30.3 Å². The number of fused-ring (bicyclic) bond motifs is 9. The lowest BCUT2D eigenvalue weighted by Gasteiger charge is -2.36. The molecule has 2 fully saturated rings. The zero-order valence-corrected chi connectivity index (χ0v) is 15.8. The molecule has 5 rings (SSSR count). The Morgan fingerprint density at radius 1 is 0.957 bits per heavy atom. The maximum Gasteiger partial charge on any atom is 0.182 e. The van der Waals surface area contributed by atoms with Crippen molar-refractivity contribution in [3.8, 4) is 0 Å². The number of nitrogens with zero attached hydrogens (tertiary/aromatic N) is 1. The lowest BCUT2D eigenvalue weighted by Crippen LogP contribution is -2.48. The molecule has 0 N–H and O–H groups in total. The lowest BCUT2D eigenvalue weighted by atomic mass is 9.79. The SMILES string of the molecule is ClC1(Cl)[C@@]2(Cl)N=C(Sc3ccccc3)[C@]1(Cl)[C@H]1[C@@H]2[C@@H]2C=C[C@H]1C2. The largest absolute Gasteiger partial charge is 0.254 e. The van der Waals surface area contributed by atoms with Gasteiger partial charge in [-0.05, 0) is 30.4 Å². The highest BCUT2D eigenvalue weighted by atomic mass is 35.5. The highest BCUT2D eigenvalue weighted by Crippen LogP contribution is 2.77. The molecule has 4 bridgehead atoms. The van der Waals surface area contributed by atoms with E-state index < -0.39 is 14.2 Å². The van der Waals surface area contributed by atoms with Crippen LogP contribution in [0.15, 0.2) is 52.4 Å². The van der Waals surface area contributed by atoms with Crippen LogP contribution < -0.4 is 0 Å². The number of alkyl halides is 4. The van der Waals surface area contributed by atoms with E-state index >= 15 is 0 Å². The molecule has 0 amide bonds. The van der Waals surface area contributed by atoms with Gasteiger partial charge in [-0.3, -0.25) is 4.99 Å². The van der Waals surface area contributed by atoms with Gasteiger partial charge in [0.25, 0.3) is 0 Å². The molecule has 1 heterocycles. The quantitative estimate of drug-likeness (QED) is 0.252. The molecule has 1 nitrogen and oxygen atoms in total. The van der Waals surface area contributed by atoms with Crippen molar-refractivity contribution in [1.29, 1.82) is 0 Å². The van der Waals surface area contributed by atoms with Gasteiger partial charge in [-0.15, -0.1) is 11.6 Å². The number of hydrogen-bond donors (Lipinski definition) is 0. The Labute approximate surface area is 159 Å². The third-order valence-electron chi connectivity index (χ3n) is 5.79. The zero-order chi connectivity index (χ0) is 16.0. The minimum atomic E-state index is -1.29. The van der Waals surface area contributed by atoms with Gasteiger partial charge in [-0.1, -0.05) is 76.9 Å². The molecule has 1 aliphatic heterocycles. The molecule has 0 radical (unpaired) electrons. The van der Waals surface area contributed by atoms with Crippen LogP contribution in [0, 0.1) is 23.7 Å². The van der Waals surface area contributed by atoms with Crippen LogP contribution in [0.25, 0.3) is 0 Å². The summed E-state index contributed by atoms with van der Waals surface area (Å²) in [5, 5.41) is 0.757. The van der Waals surface area contributed by atoms with Crippen molar-refractivity contribution >= 4 is 63.2 Å². The summed E-state index contributed by atoms with van der Waals surface area (Å²) in [5.41, 5.74) is 0. The molecule has 3 aliphatic carbocycles. The Balaban J connectivity index is 1.63. The predicted molar refractivity (Wildman–Crippen MR) is 99.1 cm³/mol. The first-order valence-electron chi connectivity index (χ1n) is 7.67. The molecular formula is C17H13Cl4NS. The van der Waals surface area contributed by atoms with Crippen LogP contribution >= 0.6 is 58.2 Å². The smallest absolute Gasteiger partial charge is 0.182 e. The maximum absolute atomic E-state index is 7.16. The third-order valence-corrected chi connectivity index (χ3v) is 9.91. The van der Waals surface area contributed by atoms with E-state index in [1.54, 1.807) is 0 Å². The van der Waals surface area contributed by atoms with Crippen molar-refractivity contribution in [3.05, 3.63) is 42.5 Å². The molecule has 6 heteroatoms. The average Bonchev–Trinajstić information content (AvgIpc) is 3.20. The molecule has 6 atom stereocenters. The fraction of sp³-hybridized carbons (Fsp3) is 0.471. The number of thioether (sulfide) groups is 1. The fourth-order valence-electron chi connectivity index (χ4n) is 4.91. The van der Waals surface area contributed by atoms with Crippen LogP contribution in [-0.2, 0) is 0 Å². The van der Waals surface area contributed by atoms with Gasteiger partial charge in [-0.2, -0.15) is 0 Å². The van der Waals surface area contributed by atoms with Gasteiger partial charge in [0.1, 0.15) is 4.87 Å². The van der Waals surface area contributed by atoms with Crippen molar-refractivity contribution in [1.82, 2.24) is 0 Å². The Morgan fingerprint density at radius 3 is 2.30 bits per heavy atom. The normalized spacial score (nSPS) is 47.9. The summed E-state index contributed by atoms with van der Waals surface area (Å²) in [6.07, 6.45) is 5.58. The van der Waals surface area contributed by atoms with E-state index in [0.29, 0.717) is 11.8 Å². The minimum absolute atomic E-state index is 0.117. The zero-order valence-electron chi connectivity index (χ0n) is 11.9. The first-order valence-corrected chi connectivity index (χ1v) is 9.99. The monoisotopic (exact) mass is 403 g/mol. The molecule has 23 heavy (non-hydrogen) atoms. The van der Waals surface area contributed by atoms with Crippen LogP contribution in [0.4, 0.5) is 0 Å². The first kappa shape index (κ1) is 15.4. The molecular weight excluding hydrogens is 392 g/mol. The Bertz CT molecular complexity index is 748. The van der Waals surface area contributed by atoms with E-state index in [0.717, 1.165) is 16.4 Å². The second-order valence-corrected chi connectivity index (χ2v) is 10.4. The summed E-state index contributed by atoms with van der Waals surface area (Å²) in [5.74, 6) is 1.04. The number of aliphatic imine (C=N–C) groups is 1. The number of allylic oxidation sites excluding steroid dienone is 2. The lowest BCUT2D eigenvalue weighted by molar-refractivity contribution is 0.298. The molecule has 1 aromatic carbocycles. The predicted octanol–water partition coefficient (Wildman–Crippen LogP) is 5.73. The van der Waals surface area contributed by atoms with Gasteiger partial charge < -0.3 is 0 Å². The topological polar surface area (TPSA) is 12.4 Å². The van der Waals surface area contributed by atoms with E-state index in [4.69, 9.17) is 51.4 Å². The number of hydrogen-bond acceptors (Lipinski definition) is 2. The molecule has 2 saturated carbocycles. The minimum Gasteiger partial charge on any atom is -0.254 e. The highest BCUT2D eigenvalue weighted by Gasteiger charge is 2.84. The molecule has 0 saturated heterocycles. The molecule has 1 aromatic rings. The van der Waals surface area contributed by atoms with Crippen molar-refractivity contribution < 1.29 is 0 Å². The molecule has 0 aromatic heterocycles. The van der Waals surface area contributed by atoms with Gasteiger partial charge in [-0.25, -0.2) is 0 Å². The van der Waals surface area contributed by atoms with Gasteiger partial charge >= 0.3 is 0 Å². The van der Waals surface area contributed by atoms with Crippen molar-refractivity contribution in [3.63, 3.8) is 0 Å². The summed E-state index contributed by atoms with van der Waals surface area (Å²) in [7, 11) is 0. The van der Waals surface area contributed by atoms with Gasteiger partial charge in [0.15, 0.2) is 9.33 Å². The molecule has 0 spiro atoms. The van der Waals surface area contributed by atoms with Gasteiger partial charge in [0.2, 0.25) is 0 Å².